The van der Waals surface area contributed by atoms with Gasteiger partial charge < -0.3 is 14.8 Å². The number of methoxy groups -OCH3 is 2. The van der Waals surface area contributed by atoms with Crippen molar-refractivity contribution in [3.05, 3.63) is 89.0 Å². The largest absolute Gasteiger partial charge is 0.497 e. The zero-order valence-electron chi connectivity index (χ0n) is 16.5. The van der Waals surface area contributed by atoms with Gasteiger partial charge in [0.2, 0.25) is 5.91 Å². The normalized spacial score (nSPS) is 21.1. The number of nitrogens with one attached hydrogen (secondary N) is 1. The zero-order chi connectivity index (χ0) is 20.0. The van der Waals surface area contributed by atoms with Gasteiger partial charge in [-0.1, -0.05) is 48.5 Å². The van der Waals surface area contributed by atoms with Crippen molar-refractivity contribution < 1.29 is 14.3 Å². The third kappa shape index (κ3) is 2.79. The average molecular weight is 385 g/mol. The summed E-state index contributed by atoms with van der Waals surface area (Å²) in [4.78, 5) is 13.4. The second-order valence-corrected chi connectivity index (χ2v) is 7.69. The average Bonchev–Trinajstić information content (AvgIpc) is 2.79. The molecule has 0 saturated carbocycles. The second-order valence-electron chi connectivity index (χ2n) is 7.69. The van der Waals surface area contributed by atoms with E-state index >= 15 is 0 Å². The molecule has 2 bridgehead atoms. The molecule has 6 rings (SSSR count). The topological polar surface area (TPSA) is 47.6 Å². The van der Waals surface area contributed by atoms with Gasteiger partial charge in [-0.2, -0.15) is 0 Å². The molecule has 0 aliphatic heterocycles. The summed E-state index contributed by atoms with van der Waals surface area (Å²) in [5.74, 6) is 1.56. The third-order valence-corrected chi connectivity index (χ3v) is 6.31. The molecule has 3 aromatic rings. The summed E-state index contributed by atoms with van der Waals surface area (Å²) in [7, 11) is 3.21. The summed E-state index contributed by atoms with van der Waals surface area (Å²) in [6, 6.07) is 22.6. The van der Waals surface area contributed by atoms with E-state index in [0.29, 0.717) is 17.2 Å². The van der Waals surface area contributed by atoms with Crippen LogP contribution in [0.3, 0.4) is 0 Å². The Hall–Kier alpha value is -3.27. The number of carbonyl (C=O) groups is 1. The molecule has 0 heterocycles. The van der Waals surface area contributed by atoms with Crippen molar-refractivity contribution in [2.75, 3.05) is 19.5 Å². The fourth-order valence-electron chi connectivity index (χ4n) is 5.02. The lowest BCUT2D eigenvalue weighted by Gasteiger charge is -2.44. The van der Waals surface area contributed by atoms with Gasteiger partial charge >= 0.3 is 0 Å². The maximum atomic E-state index is 13.4. The first-order valence-corrected chi connectivity index (χ1v) is 9.91. The fraction of sp³-hybridized carbons (Fsp3) is 0.240. The van der Waals surface area contributed by atoms with Crippen LogP contribution in [0.2, 0.25) is 0 Å². The highest BCUT2D eigenvalue weighted by molar-refractivity contribution is 5.96. The predicted molar refractivity (Wildman–Crippen MR) is 113 cm³/mol. The lowest BCUT2D eigenvalue weighted by atomic mass is 9.59. The first-order chi connectivity index (χ1) is 14.2. The molecule has 3 aliphatic carbocycles. The highest BCUT2D eigenvalue weighted by Gasteiger charge is 2.45. The lowest BCUT2D eigenvalue weighted by molar-refractivity contribution is -0.121. The Bertz CT molecular complexity index is 1040. The van der Waals surface area contributed by atoms with E-state index in [1.54, 1.807) is 20.3 Å². The van der Waals surface area contributed by atoms with Crippen molar-refractivity contribution in [3.63, 3.8) is 0 Å². The Morgan fingerprint density at radius 2 is 1.48 bits per heavy atom. The van der Waals surface area contributed by atoms with Crippen LogP contribution in [0, 0.1) is 5.92 Å². The molecule has 4 heteroatoms. The smallest absolute Gasteiger partial charge is 0.228 e. The SMILES string of the molecule is COc1ccc(NC(=O)[C@@H]2CC3c4ccccc4C2c2ccccc23)c(OC)c1. The van der Waals surface area contributed by atoms with Crippen molar-refractivity contribution in [2.24, 2.45) is 5.92 Å². The number of carbonyl (C=O) groups excluding carboxylic acids is 1. The number of hydrogen-bond acceptors (Lipinski definition) is 3. The molecule has 1 amide bonds. The van der Waals surface area contributed by atoms with Crippen LogP contribution in [-0.2, 0) is 4.79 Å². The van der Waals surface area contributed by atoms with Gasteiger partial charge in [0.05, 0.1) is 25.8 Å². The highest BCUT2D eigenvalue weighted by Crippen LogP contribution is 2.55. The van der Waals surface area contributed by atoms with Gasteiger partial charge in [0.1, 0.15) is 11.5 Å². The number of fused-ring (bicyclic) bond motifs is 1. The van der Waals surface area contributed by atoms with Crippen molar-refractivity contribution in [2.45, 2.75) is 18.3 Å². The number of benzene rings is 3. The Balaban J connectivity index is 1.51. The molecular formula is C25H23NO3. The van der Waals surface area contributed by atoms with Gasteiger partial charge in [0, 0.05) is 17.9 Å². The molecule has 0 fully saturated rings. The predicted octanol–water partition coefficient (Wildman–Crippen LogP) is 4.94. The number of amides is 1. The second kappa shape index (κ2) is 6.96. The van der Waals surface area contributed by atoms with Gasteiger partial charge in [0.15, 0.2) is 0 Å². The van der Waals surface area contributed by atoms with E-state index in [1.165, 1.54) is 22.3 Å². The minimum Gasteiger partial charge on any atom is -0.497 e. The van der Waals surface area contributed by atoms with E-state index < -0.39 is 0 Å². The first kappa shape index (κ1) is 17.8. The van der Waals surface area contributed by atoms with Gasteiger partial charge in [-0.25, -0.2) is 0 Å². The Morgan fingerprint density at radius 3 is 2.07 bits per heavy atom. The van der Waals surface area contributed by atoms with Gasteiger partial charge in [-0.15, -0.1) is 0 Å². The molecule has 0 saturated heterocycles. The molecule has 146 valence electrons. The van der Waals surface area contributed by atoms with E-state index in [0.717, 1.165) is 6.42 Å². The number of ether oxygens (including phenoxy) is 2. The lowest BCUT2D eigenvalue weighted by Crippen LogP contribution is -2.38. The molecule has 1 atom stereocenters. The summed E-state index contributed by atoms with van der Waals surface area (Å²) < 4.78 is 10.7. The van der Waals surface area contributed by atoms with Crippen LogP contribution in [0.1, 0.15) is 40.5 Å². The van der Waals surface area contributed by atoms with Crippen LogP contribution >= 0.6 is 0 Å². The Labute approximate surface area is 170 Å². The number of anilines is 1. The minimum absolute atomic E-state index is 0.0347. The van der Waals surface area contributed by atoms with Crippen molar-refractivity contribution in [1.82, 2.24) is 0 Å². The minimum atomic E-state index is -0.114. The maximum Gasteiger partial charge on any atom is 0.228 e. The molecule has 0 unspecified atom stereocenters. The molecule has 0 aromatic heterocycles. The highest BCUT2D eigenvalue weighted by atomic mass is 16.5. The van der Waals surface area contributed by atoms with Gasteiger partial charge in [-0.3, -0.25) is 4.79 Å². The number of rotatable bonds is 4. The number of hydrogen-bond donors (Lipinski definition) is 1. The van der Waals surface area contributed by atoms with Crippen LogP contribution in [0.15, 0.2) is 66.7 Å². The summed E-state index contributed by atoms with van der Waals surface area (Å²) in [6.07, 6.45) is 0.822. The van der Waals surface area contributed by atoms with E-state index in [1.807, 2.05) is 12.1 Å². The van der Waals surface area contributed by atoms with Crippen LogP contribution in [-0.4, -0.2) is 20.1 Å². The molecule has 1 N–H and O–H groups in total. The van der Waals surface area contributed by atoms with Crippen LogP contribution in [0.5, 0.6) is 11.5 Å². The molecule has 4 nitrogen and oxygen atoms in total. The summed E-state index contributed by atoms with van der Waals surface area (Å²) in [5, 5.41) is 3.11. The quantitative estimate of drug-likeness (QED) is 0.692. The van der Waals surface area contributed by atoms with E-state index in [-0.39, 0.29) is 23.7 Å². The third-order valence-electron chi connectivity index (χ3n) is 6.31. The maximum absolute atomic E-state index is 13.4. The first-order valence-electron chi connectivity index (χ1n) is 9.91. The Kier molecular flexibility index (Phi) is 4.27. The van der Waals surface area contributed by atoms with E-state index in [4.69, 9.17) is 9.47 Å². The molecule has 3 aliphatic rings. The standard InChI is InChI=1S/C25H23NO3/c1-28-15-11-12-22(23(13-15)29-2)26-25(27)21-14-20-16-7-3-5-9-18(16)24(21)19-10-6-4-8-17(19)20/h3-13,20-21,24H,14H2,1-2H3,(H,26,27)/t20?,21-,24?/m1/s1. The van der Waals surface area contributed by atoms with Crippen LogP contribution in [0.4, 0.5) is 5.69 Å². The van der Waals surface area contributed by atoms with Crippen molar-refractivity contribution in [3.8, 4) is 11.5 Å². The molecular weight excluding hydrogens is 362 g/mol. The summed E-state index contributed by atoms with van der Waals surface area (Å²) in [5.41, 5.74) is 5.96. The Morgan fingerprint density at radius 1 is 0.862 bits per heavy atom. The van der Waals surface area contributed by atoms with E-state index in [9.17, 15) is 4.79 Å². The fourth-order valence-corrected chi connectivity index (χ4v) is 5.02. The van der Waals surface area contributed by atoms with Crippen LogP contribution in [0.25, 0.3) is 0 Å². The monoisotopic (exact) mass is 385 g/mol. The molecule has 29 heavy (non-hydrogen) atoms. The van der Waals surface area contributed by atoms with Crippen LogP contribution < -0.4 is 14.8 Å². The van der Waals surface area contributed by atoms with Gasteiger partial charge in [-0.05, 0) is 40.8 Å². The molecule has 0 radical (unpaired) electrons. The van der Waals surface area contributed by atoms with Gasteiger partial charge in [0.25, 0.3) is 0 Å². The van der Waals surface area contributed by atoms with Crippen molar-refractivity contribution in [1.29, 1.82) is 0 Å². The zero-order valence-corrected chi connectivity index (χ0v) is 16.5. The summed E-state index contributed by atoms with van der Waals surface area (Å²) in [6.45, 7) is 0. The summed E-state index contributed by atoms with van der Waals surface area (Å²) >= 11 is 0. The van der Waals surface area contributed by atoms with Crippen molar-refractivity contribution >= 4 is 11.6 Å². The molecule has 0 spiro atoms. The van der Waals surface area contributed by atoms with E-state index in [2.05, 4.69) is 53.8 Å². The molecule has 3 aromatic carbocycles.